The average Bonchev–Trinajstić information content (AvgIpc) is 3.39. The van der Waals surface area contributed by atoms with Crippen molar-refractivity contribution < 1.29 is 19.0 Å². The third-order valence-electron chi connectivity index (χ3n) is 4.30. The van der Waals surface area contributed by atoms with E-state index in [2.05, 4.69) is 5.32 Å². The zero-order chi connectivity index (χ0) is 15.5. The van der Waals surface area contributed by atoms with Gasteiger partial charge in [0, 0.05) is 19.1 Å². The summed E-state index contributed by atoms with van der Waals surface area (Å²) in [7, 11) is 0. The Hall–Kier alpha value is -1.46. The molecule has 0 bridgehead atoms. The second-order valence-electron chi connectivity index (χ2n) is 6.35. The Labute approximate surface area is 129 Å². The summed E-state index contributed by atoms with van der Waals surface area (Å²) in [6, 6.07) is 6.58. The van der Waals surface area contributed by atoms with Crippen molar-refractivity contribution in [2.24, 2.45) is 11.8 Å². The molecule has 5 heteroatoms. The highest BCUT2D eigenvalue weighted by Crippen LogP contribution is 2.48. The summed E-state index contributed by atoms with van der Waals surface area (Å²) in [5, 5.41) is 12.5. The standard InChI is InChI=1S/C17H22FNO3/c18-16-4-2-1-3-13(16)14-7-15(14)17(21)19-8-12(20)10-22-9-11-5-6-11/h1-4,11-12,14-15,20H,5-10H2,(H,19,21)/t12-,14+,15-/m0/s1. The normalized spacial score (nSPS) is 24.8. The number of rotatable bonds is 8. The lowest BCUT2D eigenvalue weighted by molar-refractivity contribution is -0.123. The predicted octanol–water partition coefficient (Wildman–Crippen LogP) is 1.83. The molecule has 3 atom stereocenters. The number of halogens is 1. The summed E-state index contributed by atoms with van der Waals surface area (Å²) < 4.78 is 19.0. The van der Waals surface area contributed by atoms with Gasteiger partial charge in [-0.25, -0.2) is 4.39 Å². The predicted molar refractivity (Wildman–Crippen MR) is 79.8 cm³/mol. The van der Waals surface area contributed by atoms with E-state index in [-0.39, 0.29) is 36.7 Å². The highest BCUT2D eigenvalue weighted by Gasteiger charge is 2.45. The quantitative estimate of drug-likeness (QED) is 0.770. The van der Waals surface area contributed by atoms with Gasteiger partial charge in [0.05, 0.1) is 12.7 Å². The number of ether oxygens (including phenoxy) is 1. The monoisotopic (exact) mass is 307 g/mol. The summed E-state index contributed by atoms with van der Waals surface area (Å²) in [6.45, 7) is 1.13. The summed E-state index contributed by atoms with van der Waals surface area (Å²) in [5.41, 5.74) is 0.607. The molecule has 2 aliphatic carbocycles. The van der Waals surface area contributed by atoms with E-state index < -0.39 is 6.10 Å². The fraction of sp³-hybridized carbons (Fsp3) is 0.588. The minimum atomic E-state index is -0.687. The molecule has 120 valence electrons. The molecule has 2 fully saturated rings. The maximum absolute atomic E-state index is 13.7. The summed E-state index contributed by atoms with van der Waals surface area (Å²) >= 11 is 0. The SMILES string of the molecule is O=C(NC[C@H](O)COCC1CC1)[C@H]1C[C@@H]1c1ccccc1F. The first-order valence-corrected chi connectivity index (χ1v) is 7.93. The number of carbonyl (C=O) groups is 1. The van der Waals surface area contributed by atoms with Crippen LogP contribution in [-0.2, 0) is 9.53 Å². The van der Waals surface area contributed by atoms with Gasteiger partial charge in [0.25, 0.3) is 0 Å². The Morgan fingerprint density at radius 3 is 2.91 bits per heavy atom. The number of benzene rings is 1. The first-order valence-electron chi connectivity index (χ1n) is 7.93. The van der Waals surface area contributed by atoms with Gasteiger partial charge in [-0.1, -0.05) is 18.2 Å². The molecule has 0 aliphatic heterocycles. The van der Waals surface area contributed by atoms with Crippen molar-refractivity contribution in [2.75, 3.05) is 19.8 Å². The van der Waals surface area contributed by atoms with Crippen molar-refractivity contribution >= 4 is 5.91 Å². The van der Waals surface area contributed by atoms with Crippen molar-refractivity contribution in [3.05, 3.63) is 35.6 Å². The van der Waals surface area contributed by atoms with E-state index in [0.29, 0.717) is 24.5 Å². The highest BCUT2D eigenvalue weighted by atomic mass is 19.1. The van der Waals surface area contributed by atoms with Crippen LogP contribution in [0, 0.1) is 17.7 Å². The molecule has 2 aliphatic rings. The Balaban J connectivity index is 1.37. The Morgan fingerprint density at radius 1 is 1.41 bits per heavy atom. The van der Waals surface area contributed by atoms with Crippen LogP contribution in [0.4, 0.5) is 4.39 Å². The van der Waals surface area contributed by atoms with E-state index in [1.807, 2.05) is 0 Å². The third-order valence-corrected chi connectivity index (χ3v) is 4.30. The van der Waals surface area contributed by atoms with Gasteiger partial charge < -0.3 is 15.2 Å². The van der Waals surface area contributed by atoms with Gasteiger partial charge in [0.2, 0.25) is 5.91 Å². The smallest absolute Gasteiger partial charge is 0.223 e. The van der Waals surface area contributed by atoms with Crippen LogP contribution in [0.25, 0.3) is 0 Å². The van der Waals surface area contributed by atoms with Crippen LogP contribution in [0.2, 0.25) is 0 Å². The number of amides is 1. The molecule has 4 nitrogen and oxygen atoms in total. The van der Waals surface area contributed by atoms with Gasteiger partial charge in [0.1, 0.15) is 5.82 Å². The molecule has 2 saturated carbocycles. The second kappa shape index (κ2) is 6.75. The largest absolute Gasteiger partial charge is 0.389 e. The lowest BCUT2D eigenvalue weighted by atomic mass is 10.1. The molecule has 0 heterocycles. The van der Waals surface area contributed by atoms with Crippen LogP contribution in [0.5, 0.6) is 0 Å². The fourth-order valence-corrected chi connectivity index (χ4v) is 2.67. The van der Waals surface area contributed by atoms with E-state index >= 15 is 0 Å². The summed E-state index contributed by atoms with van der Waals surface area (Å²) in [6.07, 6.45) is 2.41. The van der Waals surface area contributed by atoms with Crippen LogP contribution in [0.1, 0.15) is 30.7 Å². The minimum Gasteiger partial charge on any atom is -0.389 e. The van der Waals surface area contributed by atoms with Crippen LogP contribution >= 0.6 is 0 Å². The lowest BCUT2D eigenvalue weighted by Gasteiger charge is -2.12. The van der Waals surface area contributed by atoms with E-state index in [1.54, 1.807) is 18.2 Å². The maximum atomic E-state index is 13.7. The van der Waals surface area contributed by atoms with E-state index in [4.69, 9.17) is 4.74 Å². The topological polar surface area (TPSA) is 58.6 Å². The molecule has 0 saturated heterocycles. The molecule has 1 aromatic rings. The van der Waals surface area contributed by atoms with Gasteiger partial charge in [-0.15, -0.1) is 0 Å². The molecule has 22 heavy (non-hydrogen) atoms. The summed E-state index contributed by atoms with van der Waals surface area (Å²) in [4.78, 5) is 12.0. The van der Waals surface area contributed by atoms with Crippen molar-refractivity contribution in [3.63, 3.8) is 0 Å². The van der Waals surface area contributed by atoms with Gasteiger partial charge >= 0.3 is 0 Å². The number of aliphatic hydroxyl groups excluding tert-OH is 1. The zero-order valence-electron chi connectivity index (χ0n) is 12.5. The molecule has 1 aromatic carbocycles. The van der Waals surface area contributed by atoms with Gasteiger partial charge in [-0.2, -0.15) is 0 Å². The second-order valence-corrected chi connectivity index (χ2v) is 6.35. The van der Waals surface area contributed by atoms with Crippen LogP contribution < -0.4 is 5.32 Å². The first-order chi connectivity index (χ1) is 10.6. The molecule has 0 unspecified atom stereocenters. The first kappa shape index (κ1) is 15.4. The minimum absolute atomic E-state index is 0.0375. The Bertz CT molecular complexity index is 532. The third kappa shape index (κ3) is 4.05. The van der Waals surface area contributed by atoms with Crippen molar-refractivity contribution in [1.82, 2.24) is 5.32 Å². The molecule has 2 N–H and O–H groups in total. The van der Waals surface area contributed by atoms with Crippen molar-refractivity contribution in [2.45, 2.75) is 31.3 Å². The molecule has 0 spiro atoms. The van der Waals surface area contributed by atoms with Crippen LogP contribution in [0.15, 0.2) is 24.3 Å². The number of hydrogen-bond donors (Lipinski definition) is 2. The molecule has 3 rings (SSSR count). The van der Waals surface area contributed by atoms with Crippen molar-refractivity contribution in [3.8, 4) is 0 Å². The summed E-state index contributed by atoms with van der Waals surface area (Å²) in [5.74, 6) is 0.0709. The number of nitrogens with one attached hydrogen (secondary N) is 1. The molecular weight excluding hydrogens is 285 g/mol. The molecule has 0 radical (unpaired) electrons. The van der Waals surface area contributed by atoms with Crippen LogP contribution in [-0.4, -0.2) is 36.9 Å². The number of hydrogen-bond acceptors (Lipinski definition) is 3. The van der Waals surface area contributed by atoms with Gasteiger partial charge in [0.15, 0.2) is 0 Å². The fourth-order valence-electron chi connectivity index (χ4n) is 2.67. The number of carbonyl (C=O) groups excluding carboxylic acids is 1. The number of aliphatic hydroxyl groups is 1. The Morgan fingerprint density at radius 2 is 2.18 bits per heavy atom. The van der Waals surface area contributed by atoms with Crippen LogP contribution in [0.3, 0.4) is 0 Å². The van der Waals surface area contributed by atoms with Crippen molar-refractivity contribution in [1.29, 1.82) is 0 Å². The van der Waals surface area contributed by atoms with E-state index in [1.165, 1.54) is 18.9 Å². The highest BCUT2D eigenvalue weighted by molar-refractivity contribution is 5.82. The van der Waals surface area contributed by atoms with Gasteiger partial charge in [-0.05, 0) is 42.7 Å². The molecule has 0 aromatic heterocycles. The Kier molecular flexibility index (Phi) is 4.74. The van der Waals surface area contributed by atoms with E-state index in [9.17, 15) is 14.3 Å². The zero-order valence-corrected chi connectivity index (χ0v) is 12.5. The molecular formula is C17H22FNO3. The van der Waals surface area contributed by atoms with E-state index in [0.717, 1.165) is 0 Å². The average molecular weight is 307 g/mol. The lowest BCUT2D eigenvalue weighted by Crippen LogP contribution is -2.35. The molecule has 1 amide bonds. The van der Waals surface area contributed by atoms with Gasteiger partial charge in [-0.3, -0.25) is 4.79 Å². The maximum Gasteiger partial charge on any atom is 0.223 e.